The Hall–Kier alpha value is -1.26. The van der Waals surface area contributed by atoms with Gasteiger partial charge in [-0.2, -0.15) is 17.6 Å². The molecule has 0 unspecified atom stereocenters. The number of aryl methyl sites for hydroxylation is 1. The van der Waals surface area contributed by atoms with Crippen LogP contribution in [-0.2, 0) is 0 Å². The van der Waals surface area contributed by atoms with E-state index in [1.807, 2.05) is 0 Å². The van der Waals surface area contributed by atoms with Gasteiger partial charge < -0.3 is 4.74 Å². The normalized spacial score (nSPS) is 11.9. The Morgan fingerprint density at radius 3 is 2.07 bits per heavy atom. The van der Waals surface area contributed by atoms with Crippen LogP contribution in [0.1, 0.15) is 5.56 Å². The number of alkyl halides is 4. The van der Waals surface area contributed by atoms with Gasteiger partial charge in [-0.3, -0.25) is 0 Å². The lowest BCUT2D eigenvalue weighted by Crippen LogP contribution is -2.33. The molecule has 0 spiro atoms. The quantitative estimate of drug-likeness (QED) is 0.693. The molecule has 14 heavy (non-hydrogen) atoms. The molecule has 1 nitrogen and oxygen atoms in total. The summed E-state index contributed by atoms with van der Waals surface area (Å²) in [5, 5.41) is 0. The molecule has 0 fully saturated rings. The van der Waals surface area contributed by atoms with E-state index in [9.17, 15) is 17.6 Å². The molecule has 0 bridgehead atoms. The largest absolute Gasteiger partial charge is 0.461 e. The highest BCUT2D eigenvalue weighted by Gasteiger charge is 2.43. The van der Waals surface area contributed by atoms with Crippen molar-refractivity contribution in [3.8, 4) is 5.75 Å². The Labute approximate surface area is 78.3 Å². The summed E-state index contributed by atoms with van der Waals surface area (Å²) in [6, 6.07) is 5.42. The average molecular weight is 208 g/mol. The van der Waals surface area contributed by atoms with E-state index in [1.54, 1.807) is 6.92 Å². The van der Waals surface area contributed by atoms with Gasteiger partial charge in [0.15, 0.2) is 0 Å². The van der Waals surface area contributed by atoms with E-state index in [1.165, 1.54) is 24.3 Å². The molecule has 0 heterocycles. The summed E-state index contributed by atoms with van der Waals surface area (Å²) in [4.78, 5) is 0. The van der Waals surface area contributed by atoms with E-state index >= 15 is 0 Å². The van der Waals surface area contributed by atoms with E-state index in [2.05, 4.69) is 4.74 Å². The third-order valence-corrected chi connectivity index (χ3v) is 1.53. The maximum absolute atomic E-state index is 12.4. The van der Waals surface area contributed by atoms with Crippen LogP contribution in [0.2, 0.25) is 0 Å². The molecule has 1 aromatic rings. The monoisotopic (exact) mass is 208 g/mol. The van der Waals surface area contributed by atoms with Crippen molar-refractivity contribution in [3.05, 3.63) is 29.8 Å². The third kappa shape index (κ3) is 2.61. The summed E-state index contributed by atoms with van der Waals surface area (Å²) in [6.45, 7) is 1.75. The predicted molar refractivity (Wildman–Crippen MR) is 42.8 cm³/mol. The molecule has 0 amide bonds. The van der Waals surface area contributed by atoms with Gasteiger partial charge in [0, 0.05) is 0 Å². The van der Waals surface area contributed by atoms with Gasteiger partial charge in [0.1, 0.15) is 5.75 Å². The van der Waals surface area contributed by atoms with Crippen LogP contribution in [0.25, 0.3) is 0 Å². The lowest BCUT2D eigenvalue weighted by Gasteiger charge is -2.16. The summed E-state index contributed by atoms with van der Waals surface area (Å²) >= 11 is 0. The molecular weight excluding hydrogens is 200 g/mol. The summed E-state index contributed by atoms with van der Waals surface area (Å²) in [7, 11) is 0. The van der Waals surface area contributed by atoms with Gasteiger partial charge in [0.05, 0.1) is 0 Å². The molecule has 0 N–H and O–H groups in total. The fraction of sp³-hybridized carbons (Fsp3) is 0.333. The molecule has 0 saturated carbocycles. The van der Waals surface area contributed by atoms with Crippen molar-refractivity contribution < 1.29 is 22.3 Å². The van der Waals surface area contributed by atoms with Crippen LogP contribution in [-0.4, -0.2) is 12.5 Å². The second kappa shape index (κ2) is 3.86. The first-order valence-corrected chi connectivity index (χ1v) is 3.83. The lowest BCUT2D eigenvalue weighted by atomic mass is 10.2. The summed E-state index contributed by atoms with van der Waals surface area (Å²) in [5.74, 6) is -0.277. The van der Waals surface area contributed by atoms with Crippen molar-refractivity contribution in [1.29, 1.82) is 0 Å². The second-order valence-corrected chi connectivity index (χ2v) is 2.78. The van der Waals surface area contributed by atoms with Gasteiger partial charge in [0.25, 0.3) is 0 Å². The van der Waals surface area contributed by atoms with Crippen LogP contribution in [0.5, 0.6) is 5.75 Å². The van der Waals surface area contributed by atoms with Crippen molar-refractivity contribution in [1.82, 2.24) is 0 Å². The Morgan fingerprint density at radius 2 is 1.64 bits per heavy atom. The fourth-order valence-electron chi connectivity index (χ4n) is 0.808. The van der Waals surface area contributed by atoms with Crippen molar-refractivity contribution in [3.63, 3.8) is 0 Å². The maximum Gasteiger partial charge on any atom is 0.461 e. The maximum atomic E-state index is 12.4. The summed E-state index contributed by atoms with van der Waals surface area (Å²) in [6.07, 6.45) is -8.27. The molecule has 0 aliphatic carbocycles. The second-order valence-electron chi connectivity index (χ2n) is 2.78. The molecule has 0 radical (unpaired) electrons. The van der Waals surface area contributed by atoms with Crippen LogP contribution in [0.3, 0.4) is 0 Å². The highest BCUT2D eigenvalue weighted by molar-refractivity contribution is 5.26. The number of rotatable bonds is 3. The summed E-state index contributed by atoms with van der Waals surface area (Å²) < 4.78 is 52.0. The molecule has 0 aromatic heterocycles. The van der Waals surface area contributed by atoms with Crippen molar-refractivity contribution >= 4 is 0 Å². The van der Waals surface area contributed by atoms with Crippen molar-refractivity contribution in [2.45, 2.75) is 19.5 Å². The van der Waals surface area contributed by atoms with Crippen LogP contribution in [0.15, 0.2) is 24.3 Å². The number of hydrogen-bond acceptors (Lipinski definition) is 1. The molecule has 1 rings (SSSR count). The SMILES string of the molecule is Cc1ccc(OC(F)(F)C(F)F)cc1. The number of hydrogen-bond donors (Lipinski definition) is 0. The lowest BCUT2D eigenvalue weighted by molar-refractivity contribution is -0.253. The Morgan fingerprint density at radius 1 is 1.14 bits per heavy atom. The van der Waals surface area contributed by atoms with Gasteiger partial charge in [-0.1, -0.05) is 17.7 Å². The highest BCUT2D eigenvalue weighted by Crippen LogP contribution is 2.27. The number of ether oxygens (including phenoxy) is 1. The number of benzene rings is 1. The zero-order valence-corrected chi connectivity index (χ0v) is 7.31. The minimum absolute atomic E-state index is 0.277. The zero-order valence-electron chi connectivity index (χ0n) is 7.31. The molecule has 0 saturated heterocycles. The van der Waals surface area contributed by atoms with Gasteiger partial charge >= 0.3 is 12.5 Å². The standard InChI is InChI=1S/C9H8F4O/c1-6-2-4-7(5-3-6)14-9(12,13)8(10)11/h2-5,8H,1H3. The Kier molecular flexibility index (Phi) is 2.98. The van der Waals surface area contributed by atoms with Crippen molar-refractivity contribution in [2.75, 3.05) is 0 Å². The van der Waals surface area contributed by atoms with E-state index in [4.69, 9.17) is 0 Å². The molecule has 78 valence electrons. The first kappa shape index (κ1) is 10.8. The molecule has 0 aliphatic rings. The first-order valence-electron chi connectivity index (χ1n) is 3.83. The third-order valence-electron chi connectivity index (χ3n) is 1.53. The minimum atomic E-state index is -4.44. The van der Waals surface area contributed by atoms with E-state index < -0.39 is 12.5 Å². The van der Waals surface area contributed by atoms with Crippen LogP contribution in [0.4, 0.5) is 17.6 Å². The minimum Gasteiger partial charge on any atom is -0.428 e. The molecule has 5 heteroatoms. The fourth-order valence-corrected chi connectivity index (χ4v) is 0.808. The first-order chi connectivity index (χ1) is 6.42. The van der Waals surface area contributed by atoms with E-state index in [0.29, 0.717) is 0 Å². The Balaban J connectivity index is 2.74. The highest BCUT2D eigenvalue weighted by atomic mass is 19.3. The van der Waals surface area contributed by atoms with Gasteiger partial charge in [-0.15, -0.1) is 0 Å². The number of halogens is 4. The van der Waals surface area contributed by atoms with Gasteiger partial charge in [0.2, 0.25) is 0 Å². The smallest absolute Gasteiger partial charge is 0.428 e. The van der Waals surface area contributed by atoms with Crippen molar-refractivity contribution in [2.24, 2.45) is 0 Å². The van der Waals surface area contributed by atoms with E-state index in [-0.39, 0.29) is 5.75 Å². The van der Waals surface area contributed by atoms with Crippen LogP contribution >= 0.6 is 0 Å². The molecule has 0 atom stereocenters. The van der Waals surface area contributed by atoms with Gasteiger partial charge in [-0.05, 0) is 19.1 Å². The van der Waals surface area contributed by atoms with Crippen LogP contribution in [0, 0.1) is 6.92 Å². The molecule has 0 aliphatic heterocycles. The summed E-state index contributed by atoms with van der Waals surface area (Å²) in [5.41, 5.74) is 0.831. The van der Waals surface area contributed by atoms with E-state index in [0.717, 1.165) is 5.56 Å². The zero-order chi connectivity index (χ0) is 10.8. The van der Waals surface area contributed by atoms with Crippen LogP contribution < -0.4 is 4.74 Å². The average Bonchev–Trinajstić information content (AvgIpc) is 2.08. The predicted octanol–water partition coefficient (Wildman–Crippen LogP) is 3.23. The van der Waals surface area contributed by atoms with Gasteiger partial charge in [-0.25, -0.2) is 0 Å². The Bertz CT molecular complexity index is 294. The topological polar surface area (TPSA) is 9.23 Å². The molecule has 1 aromatic carbocycles. The molecular formula is C9H8F4O.